The Morgan fingerprint density at radius 3 is 2.71 bits per heavy atom. The van der Waals surface area contributed by atoms with E-state index in [1.165, 1.54) is 0 Å². The van der Waals surface area contributed by atoms with Crippen LogP contribution in [0.15, 0.2) is 12.1 Å². The third kappa shape index (κ3) is 1.86. The van der Waals surface area contributed by atoms with Crippen molar-refractivity contribution in [2.75, 3.05) is 0 Å². The van der Waals surface area contributed by atoms with Gasteiger partial charge in [-0.1, -0.05) is 11.6 Å². The van der Waals surface area contributed by atoms with Crippen LogP contribution in [0.4, 0.5) is 0 Å². The smallest absolute Gasteiger partial charge is 0.121 e. The second-order valence-corrected chi connectivity index (χ2v) is 4.71. The molecule has 0 spiro atoms. The zero-order valence-corrected chi connectivity index (χ0v) is 8.93. The van der Waals surface area contributed by atoms with Crippen LogP contribution in [-0.2, 0) is 6.42 Å². The summed E-state index contributed by atoms with van der Waals surface area (Å²) in [6.07, 6.45) is 2.80. The molecular weight excluding hydrogens is 198 g/mol. The Hall–Kier alpha value is -0.730. The van der Waals surface area contributed by atoms with E-state index in [9.17, 15) is 5.11 Å². The number of phenolic OH excluding ortho intramolecular Hbond substituents is 1. The van der Waals surface area contributed by atoms with Crippen molar-refractivity contribution in [1.29, 1.82) is 0 Å². The summed E-state index contributed by atoms with van der Waals surface area (Å²) in [4.78, 5) is 0. The lowest BCUT2D eigenvalue weighted by Gasteiger charge is -2.12. The van der Waals surface area contributed by atoms with Crippen LogP contribution in [0.5, 0.6) is 5.75 Å². The molecule has 0 heterocycles. The minimum absolute atomic E-state index is 0.0887. The van der Waals surface area contributed by atoms with Crippen LogP contribution in [0.3, 0.4) is 0 Å². The van der Waals surface area contributed by atoms with Crippen molar-refractivity contribution in [3.63, 3.8) is 0 Å². The van der Waals surface area contributed by atoms with E-state index < -0.39 is 0 Å². The van der Waals surface area contributed by atoms with Gasteiger partial charge in [0.25, 0.3) is 0 Å². The van der Waals surface area contributed by atoms with Crippen LogP contribution in [0, 0.1) is 6.92 Å². The number of halogens is 1. The molecule has 1 fully saturated rings. The number of hydrogen-bond donors (Lipinski definition) is 2. The second kappa shape index (κ2) is 3.14. The molecule has 0 aliphatic heterocycles. The Morgan fingerprint density at radius 2 is 2.14 bits per heavy atom. The fourth-order valence-electron chi connectivity index (χ4n) is 1.66. The van der Waals surface area contributed by atoms with E-state index in [0.717, 1.165) is 30.4 Å². The summed E-state index contributed by atoms with van der Waals surface area (Å²) in [5, 5.41) is 10.5. The first-order valence-electron chi connectivity index (χ1n) is 4.77. The Bertz CT molecular complexity index is 372. The van der Waals surface area contributed by atoms with Gasteiger partial charge in [0, 0.05) is 10.6 Å². The van der Waals surface area contributed by atoms with Gasteiger partial charge in [0.1, 0.15) is 5.75 Å². The zero-order valence-electron chi connectivity index (χ0n) is 8.18. The summed E-state index contributed by atoms with van der Waals surface area (Å²) in [5.74, 6) is 0.339. The average Bonchev–Trinajstić information content (AvgIpc) is 2.79. The van der Waals surface area contributed by atoms with Crippen molar-refractivity contribution in [3.8, 4) is 5.75 Å². The SMILES string of the molecule is Cc1cc(Cl)cc(CC2(N)CC2)c1O. The molecular formula is C11H14ClNO. The molecule has 3 N–H and O–H groups in total. The number of hydrogen-bond acceptors (Lipinski definition) is 2. The van der Waals surface area contributed by atoms with E-state index in [1.54, 1.807) is 12.1 Å². The normalized spacial score (nSPS) is 18.2. The van der Waals surface area contributed by atoms with Gasteiger partial charge in [-0.05, 0) is 49.4 Å². The fourth-order valence-corrected chi connectivity index (χ4v) is 1.95. The Balaban J connectivity index is 2.32. The van der Waals surface area contributed by atoms with Crippen molar-refractivity contribution in [3.05, 3.63) is 28.3 Å². The maximum absolute atomic E-state index is 9.80. The lowest BCUT2D eigenvalue weighted by molar-refractivity contribution is 0.459. The molecule has 1 saturated carbocycles. The third-order valence-electron chi connectivity index (χ3n) is 2.78. The third-order valence-corrected chi connectivity index (χ3v) is 3.00. The number of aryl methyl sites for hydroxylation is 1. The van der Waals surface area contributed by atoms with Crippen LogP contribution in [-0.4, -0.2) is 10.6 Å². The molecule has 0 saturated heterocycles. The summed E-state index contributed by atoms with van der Waals surface area (Å²) < 4.78 is 0. The van der Waals surface area contributed by atoms with Gasteiger partial charge in [-0.25, -0.2) is 0 Å². The van der Waals surface area contributed by atoms with E-state index in [0.29, 0.717) is 10.8 Å². The quantitative estimate of drug-likeness (QED) is 0.789. The van der Waals surface area contributed by atoms with Crippen LogP contribution in [0.2, 0.25) is 5.02 Å². The molecule has 2 nitrogen and oxygen atoms in total. The number of benzene rings is 1. The van der Waals surface area contributed by atoms with Gasteiger partial charge in [-0.2, -0.15) is 0 Å². The molecule has 14 heavy (non-hydrogen) atoms. The monoisotopic (exact) mass is 211 g/mol. The molecule has 1 aromatic rings. The molecule has 1 aliphatic carbocycles. The number of phenols is 1. The minimum atomic E-state index is -0.0887. The highest BCUT2D eigenvalue weighted by atomic mass is 35.5. The van der Waals surface area contributed by atoms with Gasteiger partial charge in [0.15, 0.2) is 0 Å². The Labute approximate surface area is 88.7 Å². The molecule has 0 amide bonds. The molecule has 0 radical (unpaired) electrons. The van der Waals surface area contributed by atoms with Gasteiger partial charge in [0.05, 0.1) is 0 Å². The highest BCUT2D eigenvalue weighted by molar-refractivity contribution is 6.30. The standard InChI is InChI=1S/C11H14ClNO/c1-7-4-9(12)5-8(10(7)14)6-11(13)2-3-11/h4-5,14H,2-3,6,13H2,1H3. The highest BCUT2D eigenvalue weighted by Gasteiger charge is 2.38. The van der Waals surface area contributed by atoms with E-state index in [-0.39, 0.29) is 5.54 Å². The largest absolute Gasteiger partial charge is 0.507 e. The van der Waals surface area contributed by atoms with E-state index in [2.05, 4.69) is 0 Å². The number of rotatable bonds is 2. The number of nitrogens with two attached hydrogens (primary N) is 1. The maximum Gasteiger partial charge on any atom is 0.121 e. The van der Waals surface area contributed by atoms with Gasteiger partial charge >= 0.3 is 0 Å². The Morgan fingerprint density at radius 1 is 1.50 bits per heavy atom. The summed E-state index contributed by atoms with van der Waals surface area (Å²) in [6, 6.07) is 3.56. The second-order valence-electron chi connectivity index (χ2n) is 4.27. The Kier molecular flexibility index (Phi) is 2.20. The zero-order chi connectivity index (χ0) is 10.3. The van der Waals surface area contributed by atoms with Gasteiger partial charge in [0.2, 0.25) is 0 Å². The minimum Gasteiger partial charge on any atom is -0.507 e. The molecule has 3 heteroatoms. The van der Waals surface area contributed by atoms with Crippen molar-refractivity contribution >= 4 is 11.6 Å². The first-order chi connectivity index (χ1) is 6.50. The topological polar surface area (TPSA) is 46.2 Å². The summed E-state index contributed by atoms with van der Waals surface area (Å²) in [5.41, 5.74) is 7.59. The highest BCUT2D eigenvalue weighted by Crippen LogP contribution is 2.39. The molecule has 0 atom stereocenters. The first kappa shape index (κ1) is 9.81. The van der Waals surface area contributed by atoms with Crippen LogP contribution < -0.4 is 5.73 Å². The van der Waals surface area contributed by atoms with Gasteiger partial charge in [-0.3, -0.25) is 0 Å². The predicted octanol–water partition coefficient (Wildman–Crippen LogP) is 2.39. The molecule has 0 bridgehead atoms. The molecule has 1 aliphatic rings. The molecule has 76 valence electrons. The summed E-state index contributed by atoms with van der Waals surface area (Å²) in [6.45, 7) is 1.85. The lowest BCUT2D eigenvalue weighted by Crippen LogP contribution is -2.24. The lowest BCUT2D eigenvalue weighted by atomic mass is 10.0. The summed E-state index contributed by atoms with van der Waals surface area (Å²) in [7, 11) is 0. The van der Waals surface area contributed by atoms with Crippen molar-refractivity contribution < 1.29 is 5.11 Å². The van der Waals surface area contributed by atoms with Crippen molar-refractivity contribution in [2.24, 2.45) is 5.73 Å². The van der Waals surface area contributed by atoms with Gasteiger partial charge < -0.3 is 10.8 Å². The van der Waals surface area contributed by atoms with E-state index in [4.69, 9.17) is 17.3 Å². The van der Waals surface area contributed by atoms with Crippen LogP contribution in [0.25, 0.3) is 0 Å². The van der Waals surface area contributed by atoms with Crippen molar-refractivity contribution in [2.45, 2.75) is 31.7 Å². The van der Waals surface area contributed by atoms with Crippen molar-refractivity contribution in [1.82, 2.24) is 0 Å². The van der Waals surface area contributed by atoms with E-state index in [1.807, 2.05) is 6.92 Å². The van der Waals surface area contributed by atoms with Crippen LogP contribution >= 0.6 is 11.6 Å². The van der Waals surface area contributed by atoms with E-state index >= 15 is 0 Å². The van der Waals surface area contributed by atoms with Crippen LogP contribution in [0.1, 0.15) is 24.0 Å². The molecule has 2 rings (SSSR count). The molecule has 1 aromatic carbocycles. The maximum atomic E-state index is 9.80. The predicted molar refractivity (Wildman–Crippen MR) is 57.7 cm³/mol. The molecule has 0 aromatic heterocycles. The van der Waals surface area contributed by atoms with Gasteiger partial charge in [-0.15, -0.1) is 0 Å². The first-order valence-corrected chi connectivity index (χ1v) is 5.15. The number of aromatic hydroxyl groups is 1. The molecule has 0 unspecified atom stereocenters. The summed E-state index contributed by atoms with van der Waals surface area (Å²) >= 11 is 5.92. The average molecular weight is 212 g/mol. The fraction of sp³-hybridized carbons (Fsp3) is 0.455.